The van der Waals surface area contributed by atoms with E-state index in [9.17, 15) is 9.59 Å². The molecule has 1 aromatic heterocycles. The van der Waals surface area contributed by atoms with Crippen LogP contribution in [0.5, 0.6) is 0 Å². The summed E-state index contributed by atoms with van der Waals surface area (Å²) in [6.45, 7) is 1.92. The lowest BCUT2D eigenvalue weighted by atomic mass is 10.1. The molecule has 0 amide bonds. The Labute approximate surface area is 139 Å². The van der Waals surface area contributed by atoms with Gasteiger partial charge in [-0.15, -0.1) is 0 Å². The van der Waals surface area contributed by atoms with Crippen LogP contribution in [0.3, 0.4) is 0 Å². The van der Waals surface area contributed by atoms with Crippen LogP contribution in [0.15, 0.2) is 40.8 Å². The molecular formula is C18H19NO5. The van der Waals surface area contributed by atoms with Gasteiger partial charge in [0, 0.05) is 12.1 Å². The number of carbonyl (C=O) groups is 2. The normalized spacial score (nSPS) is 17.8. The molecule has 1 fully saturated rings. The number of hydrogen-bond acceptors (Lipinski definition) is 5. The minimum atomic E-state index is -0.733. The first-order chi connectivity index (χ1) is 11.6. The number of furan rings is 1. The van der Waals surface area contributed by atoms with Gasteiger partial charge in [-0.25, -0.2) is 4.79 Å². The Morgan fingerprint density at radius 3 is 2.62 bits per heavy atom. The van der Waals surface area contributed by atoms with Crippen LogP contribution in [0.1, 0.15) is 22.5 Å². The number of ether oxygens (including phenoxy) is 1. The summed E-state index contributed by atoms with van der Waals surface area (Å²) in [4.78, 5) is 24.5. The molecule has 0 bridgehead atoms. The number of carbonyl (C=O) groups excluding carboxylic acids is 1. The third kappa shape index (κ3) is 3.49. The number of hydrogen-bond donors (Lipinski definition) is 1. The Kier molecular flexibility index (Phi) is 4.66. The van der Waals surface area contributed by atoms with E-state index < -0.39 is 5.97 Å². The molecule has 126 valence electrons. The van der Waals surface area contributed by atoms with E-state index in [1.807, 2.05) is 24.3 Å². The average Bonchev–Trinajstić information content (AvgIpc) is 3.24. The summed E-state index contributed by atoms with van der Waals surface area (Å²) >= 11 is 0. The van der Waals surface area contributed by atoms with Crippen molar-refractivity contribution in [2.45, 2.75) is 13.0 Å². The lowest BCUT2D eigenvalue weighted by Crippen LogP contribution is -2.22. The molecule has 24 heavy (non-hydrogen) atoms. The number of rotatable bonds is 5. The topological polar surface area (TPSA) is 80.0 Å². The van der Waals surface area contributed by atoms with Gasteiger partial charge in [-0.2, -0.15) is 0 Å². The Bertz CT molecular complexity index is 734. The molecule has 1 N–H and O–H groups in total. The molecule has 2 aromatic rings. The monoisotopic (exact) mass is 329 g/mol. The highest BCUT2D eigenvalue weighted by molar-refractivity contribution is 5.89. The summed E-state index contributed by atoms with van der Waals surface area (Å²) in [6.07, 6.45) is 0.678. The molecule has 1 aliphatic heterocycles. The van der Waals surface area contributed by atoms with Crippen LogP contribution in [-0.2, 0) is 16.1 Å². The first-order valence-corrected chi connectivity index (χ1v) is 7.79. The highest BCUT2D eigenvalue weighted by atomic mass is 16.5. The summed E-state index contributed by atoms with van der Waals surface area (Å²) < 4.78 is 10.5. The Morgan fingerprint density at radius 1 is 1.25 bits per heavy atom. The molecule has 3 rings (SSSR count). The van der Waals surface area contributed by atoms with Gasteiger partial charge in [0.25, 0.3) is 0 Å². The third-order valence-electron chi connectivity index (χ3n) is 4.25. The number of aliphatic carboxylic acids is 1. The quantitative estimate of drug-likeness (QED) is 0.850. The first kappa shape index (κ1) is 16.3. The molecule has 0 spiro atoms. The van der Waals surface area contributed by atoms with E-state index in [-0.39, 0.29) is 11.9 Å². The first-order valence-electron chi connectivity index (χ1n) is 7.79. The molecular weight excluding hydrogens is 310 g/mol. The number of esters is 1. The lowest BCUT2D eigenvalue weighted by molar-refractivity contribution is -0.141. The van der Waals surface area contributed by atoms with Crippen molar-refractivity contribution < 1.29 is 23.8 Å². The van der Waals surface area contributed by atoms with Gasteiger partial charge >= 0.3 is 11.9 Å². The fourth-order valence-corrected chi connectivity index (χ4v) is 2.90. The van der Waals surface area contributed by atoms with Crippen molar-refractivity contribution in [3.05, 3.63) is 47.7 Å². The summed E-state index contributed by atoms with van der Waals surface area (Å²) in [5, 5.41) is 9.05. The molecule has 0 radical (unpaired) electrons. The second-order valence-electron chi connectivity index (χ2n) is 5.89. The van der Waals surface area contributed by atoms with E-state index in [1.54, 1.807) is 12.1 Å². The highest BCUT2D eigenvalue weighted by Gasteiger charge is 2.28. The van der Waals surface area contributed by atoms with Crippen molar-refractivity contribution in [2.75, 3.05) is 20.2 Å². The average molecular weight is 329 g/mol. The van der Waals surface area contributed by atoms with E-state index in [1.165, 1.54) is 7.11 Å². The molecule has 6 heteroatoms. The van der Waals surface area contributed by atoms with Crippen molar-refractivity contribution in [2.24, 2.45) is 5.92 Å². The van der Waals surface area contributed by atoms with Gasteiger partial charge in [-0.05, 0) is 37.2 Å². The van der Waals surface area contributed by atoms with E-state index in [2.05, 4.69) is 9.64 Å². The van der Waals surface area contributed by atoms with Crippen molar-refractivity contribution >= 4 is 11.9 Å². The summed E-state index contributed by atoms with van der Waals surface area (Å²) in [5.74, 6) is 0.126. The number of methoxy groups -OCH3 is 1. The van der Waals surface area contributed by atoms with Gasteiger partial charge in [-0.1, -0.05) is 12.1 Å². The van der Waals surface area contributed by atoms with Gasteiger partial charge in [-0.3, -0.25) is 9.69 Å². The Morgan fingerprint density at radius 2 is 2.00 bits per heavy atom. The van der Waals surface area contributed by atoms with Crippen molar-refractivity contribution in [3.8, 4) is 11.3 Å². The fourth-order valence-electron chi connectivity index (χ4n) is 2.90. The largest absolute Gasteiger partial charge is 0.481 e. The minimum Gasteiger partial charge on any atom is -0.481 e. The second-order valence-corrected chi connectivity index (χ2v) is 5.89. The molecule has 1 aliphatic rings. The SMILES string of the molecule is COC(=O)c1ccc(-c2ccc(CN3CCC(C(=O)O)C3)o2)cc1. The predicted molar refractivity (Wildman–Crippen MR) is 86.5 cm³/mol. The van der Waals surface area contributed by atoms with E-state index in [0.29, 0.717) is 25.1 Å². The molecule has 0 saturated carbocycles. The number of carboxylic acid groups (broad SMARTS) is 1. The van der Waals surface area contributed by atoms with Crippen molar-refractivity contribution in [1.82, 2.24) is 4.90 Å². The number of likely N-dealkylation sites (tertiary alicyclic amines) is 1. The van der Waals surface area contributed by atoms with E-state index in [4.69, 9.17) is 9.52 Å². The zero-order valence-corrected chi connectivity index (χ0v) is 13.4. The smallest absolute Gasteiger partial charge is 0.337 e. The van der Waals surface area contributed by atoms with Crippen molar-refractivity contribution in [1.29, 1.82) is 0 Å². The van der Waals surface area contributed by atoms with Gasteiger partial charge in [0.1, 0.15) is 11.5 Å². The van der Waals surface area contributed by atoms with Crippen LogP contribution >= 0.6 is 0 Å². The van der Waals surface area contributed by atoms with Crippen LogP contribution in [0.4, 0.5) is 0 Å². The highest BCUT2D eigenvalue weighted by Crippen LogP contribution is 2.25. The number of carboxylic acids is 1. The van der Waals surface area contributed by atoms with Crippen molar-refractivity contribution in [3.63, 3.8) is 0 Å². The maximum absolute atomic E-state index is 11.4. The van der Waals surface area contributed by atoms with Gasteiger partial charge < -0.3 is 14.3 Å². The van der Waals surface area contributed by atoms with Crippen LogP contribution in [0, 0.1) is 5.92 Å². The maximum atomic E-state index is 11.4. The molecule has 1 unspecified atom stereocenters. The number of nitrogens with zero attached hydrogens (tertiary/aromatic N) is 1. The molecule has 1 aromatic carbocycles. The second kappa shape index (κ2) is 6.88. The summed E-state index contributed by atoms with van der Waals surface area (Å²) in [6, 6.07) is 10.8. The van der Waals surface area contributed by atoms with E-state index >= 15 is 0 Å². The summed E-state index contributed by atoms with van der Waals surface area (Å²) in [5.41, 5.74) is 1.36. The van der Waals surface area contributed by atoms with Crippen LogP contribution in [0.25, 0.3) is 11.3 Å². The fraction of sp³-hybridized carbons (Fsp3) is 0.333. The maximum Gasteiger partial charge on any atom is 0.337 e. The zero-order valence-electron chi connectivity index (χ0n) is 13.4. The summed E-state index contributed by atoms with van der Waals surface area (Å²) in [7, 11) is 1.35. The standard InChI is InChI=1S/C18H19NO5/c1-23-18(22)13-4-2-12(3-5-13)16-7-6-15(24-16)11-19-9-8-14(10-19)17(20)21/h2-7,14H,8-11H2,1H3,(H,20,21). The van der Waals surface area contributed by atoms with Crippen LogP contribution < -0.4 is 0 Å². The number of benzene rings is 1. The molecule has 2 heterocycles. The van der Waals surface area contributed by atoms with Crippen LogP contribution in [0.2, 0.25) is 0 Å². The minimum absolute atomic E-state index is 0.287. The molecule has 0 aliphatic carbocycles. The van der Waals surface area contributed by atoms with Gasteiger partial charge in [0.15, 0.2) is 0 Å². The molecule has 6 nitrogen and oxygen atoms in total. The Balaban J connectivity index is 1.65. The van der Waals surface area contributed by atoms with Gasteiger partial charge in [0.2, 0.25) is 0 Å². The molecule has 1 saturated heterocycles. The third-order valence-corrected chi connectivity index (χ3v) is 4.25. The Hall–Kier alpha value is -2.60. The van der Waals surface area contributed by atoms with Gasteiger partial charge in [0.05, 0.1) is 25.1 Å². The molecule has 1 atom stereocenters. The lowest BCUT2D eigenvalue weighted by Gasteiger charge is -2.12. The van der Waals surface area contributed by atoms with Crippen LogP contribution in [-0.4, -0.2) is 42.1 Å². The predicted octanol–water partition coefficient (Wildman–Crippen LogP) is 2.64. The zero-order chi connectivity index (χ0) is 17.1. The van der Waals surface area contributed by atoms with E-state index in [0.717, 1.165) is 23.6 Å².